The van der Waals surface area contributed by atoms with Crippen molar-refractivity contribution in [2.45, 2.75) is 10.8 Å². The van der Waals surface area contributed by atoms with Gasteiger partial charge in [-0.2, -0.15) is 5.26 Å². The fourth-order valence-corrected chi connectivity index (χ4v) is 3.06. The van der Waals surface area contributed by atoms with Crippen LogP contribution in [0.3, 0.4) is 0 Å². The number of H-pyrrole nitrogens is 1. The van der Waals surface area contributed by atoms with Crippen molar-refractivity contribution in [1.82, 2.24) is 15.0 Å². The predicted octanol–water partition coefficient (Wildman–Crippen LogP) is 3.23. The molecule has 0 aliphatic rings. The first-order chi connectivity index (χ1) is 11.7. The number of imidazole rings is 1. The van der Waals surface area contributed by atoms with E-state index in [1.807, 2.05) is 30.3 Å². The van der Waals surface area contributed by atoms with Gasteiger partial charge >= 0.3 is 0 Å². The number of nitrogens with two attached hydrogens (primary N) is 1. The van der Waals surface area contributed by atoms with E-state index in [9.17, 15) is 5.26 Å². The summed E-state index contributed by atoms with van der Waals surface area (Å²) in [5.41, 5.74) is 8.01. The Morgan fingerprint density at radius 2 is 2.12 bits per heavy atom. The van der Waals surface area contributed by atoms with E-state index in [1.54, 1.807) is 19.5 Å². The molecule has 0 amide bonds. The zero-order valence-electron chi connectivity index (χ0n) is 13.0. The van der Waals surface area contributed by atoms with Gasteiger partial charge in [-0.25, -0.2) is 9.97 Å². The van der Waals surface area contributed by atoms with Crippen LogP contribution in [-0.2, 0) is 5.75 Å². The number of nitrogens with one attached hydrogen (secondary N) is 1. The first kappa shape index (κ1) is 15.9. The third-order valence-electron chi connectivity index (χ3n) is 3.45. The molecule has 0 atom stereocenters. The SMILES string of the molecule is COc1ccc(-c2cc(SCc3ncc[nH]3)nc(N)c2C#N)cc1. The quantitative estimate of drug-likeness (QED) is 0.693. The number of pyridine rings is 1. The topological polar surface area (TPSA) is 101 Å². The van der Waals surface area contributed by atoms with Crippen molar-refractivity contribution in [2.24, 2.45) is 0 Å². The predicted molar refractivity (Wildman–Crippen MR) is 93.5 cm³/mol. The second-order valence-electron chi connectivity index (χ2n) is 4.93. The Kier molecular flexibility index (Phi) is 4.68. The molecule has 0 spiro atoms. The zero-order valence-corrected chi connectivity index (χ0v) is 13.8. The van der Waals surface area contributed by atoms with Crippen molar-refractivity contribution in [3.63, 3.8) is 0 Å². The van der Waals surface area contributed by atoms with E-state index >= 15 is 0 Å². The standard InChI is InChI=1S/C17H15N5OS/c1-23-12-4-2-11(3-5-12)13-8-16(22-17(19)14(13)9-18)24-10-15-20-6-7-21-15/h2-8H,10H2,1H3,(H2,19,22)(H,20,21). The molecule has 7 heteroatoms. The molecule has 1 aromatic carbocycles. The Hall–Kier alpha value is -2.98. The Labute approximate surface area is 143 Å². The molecule has 0 unspecified atom stereocenters. The molecule has 6 nitrogen and oxygen atoms in total. The van der Waals surface area contributed by atoms with E-state index in [1.165, 1.54) is 11.8 Å². The molecule has 3 rings (SSSR count). The maximum absolute atomic E-state index is 9.42. The van der Waals surface area contributed by atoms with Crippen molar-refractivity contribution < 1.29 is 4.74 Å². The van der Waals surface area contributed by atoms with Crippen LogP contribution in [-0.4, -0.2) is 22.1 Å². The minimum Gasteiger partial charge on any atom is -0.497 e. The van der Waals surface area contributed by atoms with Gasteiger partial charge < -0.3 is 15.5 Å². The van der Waals surface area contributed by atoms with Gasteiger partial charge in [-0.05, 0) is 23.8 Å². The number of anilines is 1. The van der Waals surface area contributed by atoms with Crippen molar-refractivity contribution in [1.29, 1.82) is 5.26 Å². The van der Waals surface area contributed by atoms with Gasteiger partial charge in [0.2, 0.25) is 0 Å². The Balaban J connectivity index is 1.95. The number of rotatable bonds is 5. The highest BCUT2D eigenvalue weighted by Crippen LogP contribution is 2.32. The Morgan fingerprint density at radius 3 is 2.75 bits per heavy atom. The zero-order chi connectivity index (χ0) is 16.9. The molecule has 24 heavy (non-hydrogen) atoms. The molecule has 120 valence electrons. The first-order valence-electron chi connectivity index (χ1n) is 7.17. The number of benzene rings is 1. The van der Waals surface area contributed by atoms with Gasteiger partial charge in [-0.3, -0.25) is 0 Å². The molecule has 0 aliphatic carbocycles. The van der Waals surface area contributed by atoms with Crippen LogP contribution in [0.25, 0.3) is 11.1 Å². The van der Waals surface area contributed by atoms with Crippen LogP contribution in [0.5, 0.6) is 5.75 Å². The van der Waals surface area contributed by atoms with E-state index < -0.39 is 0 Å². The molecule has 3 N–H and O–H groups in total. The normalized spacial score (nSPS) is 10.3. The summed E-state index contributed by atoms with van der Waals surface area (Å²) >= 11 is 1.51. The largest absolute Gasteiger partial charge is 0.497 e. The third kappa shape index (κ3) is 3.34. The van der Waals surface area contributed by atoms with Crippen LogP contribution >= 0.6 is 11.8 Å². The highest BCUT2D eigenvalue weighted by atomic mass is 32.2. The monoisotopic (exact) mass is 337 g/mol. The minimum atomic E-state index is 0.229. The molecule has 0 saturated heterocycles. The fraction of sp³-hybridized carbons (Fsp3) is 0.118. The van der Waals surface area contributed by atoms with Gasteiger partial charge in [0.15, 0.2) is 0 Å². The summed E-state index contributed by atoms with van der Waals surface area (Å²) in [5.74, 6) is 2.49. The highest BCUT2D eigenvalue weighted by Gasteiger charge is 2.13. The third-order valence-corrected chi connectivity index (χ3v) is 4.37. The molecule has 0 radical (unpaired) electrons. The average Bonchev–Trinajstić information content (AvgIpc) is 3.13. The lowest BCUT2D eigenvalue weighted by molar-refractivity contribution is 0.415. The van der Waals surface area contributed by atoms with Gasteiger partial charge in [0, 0.05) is 18.0 Å². The summed E-state index contributed by atoms with van der Waals surface area (Å²) in [6, 6.07) is 11.5. The van der Waals surface area contributed by atoms with Crippen LogP contribution in [0.2, 0.25) is 0 Å². The van der Waals surface area contributed by atoms with Crippen LogP contribution in [0.1, 0.15) is 11.4 Å². The van der Waals surface area contributed by atoms with Crippen molar-refractivity contribution >= 4 is 17.6 Å². The number of methoxy groups -OCH3 is 1. The maximum atomic E-state index is 9.42. The van der Waals surface area contributed by atoms with Gasteiger partial charge in [0.25, 0.3) is 0 Å². The summed E-state index contributed by atoms with van der Waals surface area (Å²) in [6.07, 6.45) is 3.48. The average molecular weight is 337 g/mol. The van der Waals surface area contributed by atoms with Crippen molar-refractivity contribution in [2.75, 3.05) is 12.8 Å². The molecule has 0 bridgehead atoms. The van der Waals surface area contributed by atoms with Gasteiger partial charge in [0.1, 0.15) is 29.0 Å². The number of hydrogen-bond acceptors (Lipinski definition) is 6. The lowest BCUT2D eigenvalue weighted by Gasteiger charge is -2.10. The van der Waals surface area contributed by atoms with E-state index in [-0.39, 0.29) is 5.82 Å². The molecule has 0 aliphatic heterocycles. The van der Waals surface area contributed by atoms with E-state index in [2.05, 4.69) is 21.0 Å². The molecule has 0 fully saturated rings. The molecule has 2 heterocycles. The number of nitrogens with zero attached hydrogens (tertiary/aromatic N) is 3. The first-order valence-corrected chi connectivity index (χ1v) is 8.16. The summed E-state index contributed by atoms with van der Waals surface area (Å²) in [6.45, 7) is 0. The summed E-state index contributed by atoms with van der Waals surface area (Å²) in [4.78, 5) is 11.5. The van der Waals surface area contributed by atoms with Crippen LogP contribution in [0.4, 0.5) is 5.82 Å². The molecular weight excluding hydrogens is 322 g/mol. The van der Waals surface area contributed by atoms with Gasteiger partial charge in [0.05, 0.1) is 17.9 Å². The molecule has 0 saturated carbocycles. The number of ether oxygens (including phenoxy) is 1. The van der Waals surface area contributed by atoms with Crippen LogP contribution in [0, 0.1) is 11.3 Å². The number of nitriles is 1. The van der Waals surface area contributed by atoms with Crippen molar-refractivity contribution in [3.05, 3.63) is 54.1 Å². The Morgan fingerprint density at radius 1 is 1.33 bits per heavy atom. The second kappa shape index (κ2) is 7.06. The van der Waals surface area contributed by atoms with Gasteiger partial charge in [-0.15, -0.1) is 0 Å². The Bertz CT molecular complexity index is 869. The maximum Gasteiger partial charge on any atom is 0.143 e. The molecule has 2 aromatic heterocycles. The number of thioether (sulfide) groups is 1. The second-order valence-corrected chi connectivity index (χ2v) is 5.93. The van der Waals surface area contributed by atoms with Crippen molar-refractivity contribution in [3.8, 4) is 22.9 Å². The molecular formula is C17H15N5OS. The van der Waals surface area contributed by atoms with Crippen LogP contribution in [0.15, 0.2) is 47.8 Å². The lowest BCUT2D eigenvalue weighted by atomic mass is 10.0. The number of nitrogen functional groups attached to an aromatic ring is 1. The summed E-state index contributed by atoms with van der Waals surface area (Å²) in [5, 5.41) is 10.2. The van der Waals surface area contributed by atoms with E-state index in [4.69, 9.17) is 10.5 Å². The van der Waals surface area contributed by atoms with E-state index in [0.29, 0.717) is 11.3 Å². The molecule has 3 aromatic rings. The van der Waals surface area contributed by atoms with Gasteiger partial charge in [-0.1, -0.05) is 23.9 Å². The number of hydrogen-bond donors (Lipinski definition) is 2. The lowest BCUT2D eigenvalue weighted by Crippen LogP contribution is -1.99. The highest BCUT2D eigenvalue weighted by molar-refractivity contribution is 7.98. The minimum absolute atomic E-state index is 0.229. The summed E-state index contributed by atoms with van der Waals surface area (Å²) in [7, 11) is 1.61. The van der Waals surface area contributed by atoms with E-state index in [0.717, 1.165) is 27.7 Å². The number of aromatic nitrogens is 3. The smallest absolute Gasteiger partial charge is 0.143 e. The number of aromatic amines is 1. The van der Waals surface area contributed by atoms with Crippen LogP contribution < -0.4 is 10.5 Å². The fourth-order valence-electron chi connectivity index (χ4n) is 2.25. The summed E-state index contributed by atoms with van der Waals surface area (Å²) < 4.78 is 5.17.